The third kappa shape index (κ3) is 6.05. The molecular weight excluding hydrogens is 382 g/mol. The molecule has 3 nitrogen and oxygen atoms in total. The molecule has 3 heteroatoms. The van der Waals surface area contributed by atoms with Crippen molar-refractivity contribution in [3.8, 4) is 0 Å². The Balaban J connectivity index is 1.36. The zero-order valence-electron chi connectivity index (χ0n) is 18.0. The quantitative estimate of drug-likeness (QED) is 0.477. The molecular formula is C28H31NO2. The van der Waals surface area contributed by atoms with E-state index in [1.165, 1.54) is 16.7 Å². The van der Waals surface area contributed by atoms with Gasteiger partial charge in [-0.25, -0.2) is 0 Å². The van der Waals surface area contributed by atoms with Crippen molar-refractivity contribution in [3.63, 3.8) is 0 Å². The number of rotatable bonds is 8. The lowest BCUT2D eigenvalue weighted by Gasteiger charge is -2.33. The number of amides is 1. The zero-order valence-corrected chi connectivity index (χ0v) is 18.0. The van der Waals surface area contributed by atoms with Crippen LogP contribution in [-0.4, -0.2) is 30.5 Å². The van der Waals surface area contributed by atoms with Crippen LogP contribution < -0.4 is 0 Å². The first-order valence-corrected chi connectivity index (χ1v) is 11.3. The third-order valence-corrected chi connectivity index (χ3v) is 6.12. The van der Waals surface area contributed by atoms with Crippen molar-refractivity contribution in [2.45, 2.75) is 31.8 Å². The number of piperidine rings is 1. The maximum absolute atomic E-state index is 13.3. The number of benzene rings is 3. The summed E-state index contributed by atoms with van der Waals surface area (Å²) in [6.45, 7) is 2.99. The third-order valence-electron chi connectivity index (χ3n) is 6.12. The van der Waals surface area contributed by atoms with E-state index in [0.717, 1.165) is 25.9 Å². The van der Waals surface area contributed by atoms with Gasteiger partial charge in [-0.1, -0.05) is 91.0 Å². The molecule has 31 heavy (non-hydrogen) atoms. The minimum Gasteiger partial charge on any atom is -0.376 e. The lowest BCUT2D eigenvalue weighted by molar-refractivity contribution is -0.133. The average Bonchev–Trinajstić information content (AvgIpc) is 2.84. The van der Waals surface area contributed by atoms with Crippen molar-refractivity contribution in [2.24, 2.45) is 5.92 Å². The molecule has 1 amide bonds. The van der Waals surface area contributed by atoms with Crippen LogP contribution in [0.1, 0.15) is 41.9 Å². The van der Waals surface area contributed by atoms with Crippen molar-refractivity contribution in [2.75, 3.05) is 19.7 Å². The van der Waals surface area contributed by atoms with Crippen molar-refractivity contribution in [1.29, 1.82) is 0 Å². The van der Waals surface area contributed by atoms with Crippen LogP contribution in [0.25, 0.3) is 0 Å². The molecule has 0 spiro atoms. The molecule has 0 saturated carbocycles. The minimum atomic E-state index is 0.0876. The Bertz CT molecular complexity index is 888. The summed E-state index contributed by atoms with van der Waals surface area (Å²) in [6, 6.07) is 31.0. The van der Waals surface area contributed by atoms with Crippen molar-refractivity contribution in [3.05, 3.63) is 108 Å². The van der Waals surface area contributed by atoms with E-state index in [0.29, 0.717) is 25.6 Å². The molecule has 1 atom stereocenters. The van der Waals surface area contributed by atoms with Crippen molar-refractivity contribution in [1.82, 2.24) is 4.90 Å². The molecule has 1 heterocycles. The fourth-order valence-electron chi connectivity index (χ4n) is 4.45. The van der Waals surface area contributed by atoms with Gasteiger partial charge in [-0.15, -0.1) is 0 Å². The van der Waals surface area contributed by atoms with E-state index in [-0.39, 0.29) is 11.8 Å². The van der Waals surface area contributed by atoms with E-state index in [4.69, 9.17) is 4.74 Å². The summed E-state index contributed by atoms with van der Waals surface area (Å²) in [5.41, 5.74) is 3.59. The Morgan fingerprint density at radius 3 is 2.06 bits per heavy atom. The number of carbonyl (C=O) groups excluding carboxylic acids is 1. The van der Waals surface area contributed by atoms with Gasteiger partial charge >= 0.3 is 0 Å². The van der Waals surface area contributed by atoms with Gasteiger partial charge in [0.25, 0.3) is 0 Å². The molecule has 1 saturated heterocycles. The lowest BCUT2D eigenvalue weighted by atomic mass is 9.87. The van der Waals surface area contributed by atoms with Crippen LogP contribution in [0.3, 0.4) is 0 Å². The molecule has 1 aliphatic rings. The fraction of sp³-hybridized carbons (Fsp3) is 0.321. The standard InChI is InChI=1S/C28H31NO2/c30-28(19-27(25-14-6-2-7-15-25)26-16-8-3-9-17-26)29-18-10-13-24(20-29)22-31-21-23-11-4-1-5-12-23/h1-9,11-12,14-17,24,27H,10,13,18-22H2. The second-order valence-electron chi connectivity index (χ2n) is 8.43. The van der Waals surface area contributed by atoms with E-state index in [1.54, 1.807) is 0 Å². The van der Waals surface area contributed by atoms with E-state index in [9.17, 15) is 4.79 Å². The number of hydrogen-bond donors (Lipinski definition) is 0. The maximum atomic E-state index is 13.3. The average molecular weight is 414 g/mol. The number of nitrogens with zero attached hydrogens (tertiary/aromatic N) is 1. The van der Waals surface area contributed by atoms with E-state index in [1.807, 2.05) is 30.3 Å². The molecule has 1 fully saturated rings. The summed E-state index contributed by atoms with van der Waals surface area (Å²) in [7, 11) is 0. The molecule has 160 valence electrons. The van der Waals surface area contributed by atoms with Gasteiger partial charge in [-0.05, 0) is 35.4 Å². The van der Waals surface area contributed by atoms with Gasteiger partial charge in [-0.3, -0.25) is 4.79 Å². The molecule has 4 rings (SSSR count). The van der Waals surface area contributed by atoms with Crippen molar-refractivity contribution < 1.29 is 9.53 Å². The first kappa shape index (κ1) is 21.3. The summed E-state index contributed by atoms with van der Waals surface area (Å²) in [6.07, 6.45) is 2.68. The predicted molar refractivity (Wildman–Crippen MR) is 125 cm³/mol. The summed E-state index contributed by atoms with van der Waals surface area (Å²) >= 11 is 0. The molecule has 3 aromatic carbocycles. The second-order valence-corrected chi connectivity index (χ2v) is 8.43. The van der Waals surface area contributed by atoms with Crippen LogP contribution in [-0.2, 0) is 16.1 Å². The highest BCUT2D eigenvalue weighted by molar-refractivity contribution is 5.78. The van der Waals surface area contributed by atoms with Crippen LogP contribution >= 0.6 is 0 Å². The van der Waals surface area contributed by atoms with Gasteiger partial charge in [0.2, 0.25) is 5.91 Å². The maximum Gasteiger partial charge on any atom is 0.223 e. The van der Waals surface area contributed by atoms with Gasteiger partial charge in [0.15, 0.2) is 0 Å². The van der Waals surface area contributed by atoms with Gasteiger partial charge in [0, 0.05) is 25.4 Å². The van der Waals surface area contributed by atoms with Crippen molar-refractivity contribution >= 4 is 5.91 Å². The Hall–Kier alpha value is -2.91. The monoisotopic (exact) mass is 413 g/mol. The van der Waals surface area contributed by atoms with E-state index in [2.05, 4.69) is 65.6 Å². The SMILES string of the molecule is O=C(CC(c1ccccc1)c1ccccc1)N1CCCC(COCc2ccccc2)C1. The number of hydrogen-bond acceptors (Lipinski definition) is 2. The summed E-state index contributed by atoms with van der Waals surface area (Å²) in [5.74, 6) is 0.739. The number of ether oxygens (including phenoxy) is 1. The Morgan fingerprint density at radius 2 is 1.45 bits per heavy atom. The largest absolute Gasteiger partial charge is 0.376 e. The van der Waals surface area contributed by atoms with Gasteiger partial charge in [-0.2, -0.15) is 0 Å². The van der Waals surface area contributed by atoms with Crippen LogP contribution in [0.2, 0.25) is 0 Å². The number of carbonyl (C=O) groups is 1. The second kappa shape index (κ2) is 10.9. The first-order chi connectivity index (χ1) is 15.3. The predicted octanol–water partition coefficient (Wildman–Crippen LogP) is 5.66. The van der Waals surface area contributed by atoms with E-state index >= 15 is 0 Å². The first-order valence-electron chi connectivity index (χ1n) is 11.3. The molecule has 0 bridgehead atoms. The Labute approximate surface area is 185 Å². The van der Waals surface area contributed by atoms with Gasteiger partial charge in [0.05, 0.1) is 13.2 Å². The summed E-state index contributed by atoms with van der Waals surface area (Å²) in [5, 5.41) is 0. The normalized spacial score (nSPS) is 16.4. The van der Waals surface area contributed by atoms with Gasteiger partial charge in [0.1, 0.15) is 0 Å². The molecule has 0 aliphatic carbocycles. The molecule has 1 unspecified atom stereocenters. The van der Waals surface area contributed by atoms with Crippen LogP contribution in [0.4, 0.5) is 0 Å². The molecule has 0 radical (unpaired) electrons. The Morgan fingerprint density at radius 1 is 0.871 bits per heavy atom. The minimum absolute atomic E-state index is 0.0876. The summed E-state index contributed by atoms with van der Waals surface area (Å²) in [4.78, 5) is 15.3. The van der Waals surface area contributed by atoms with Crippen LogP contribution in [0.15, 0.2) is 91.0 Å². The number of likely N-dealkylation sites (tertiary alicyclic amines) is 1. The topological polar surface area (TPSA) is 29.5 Å². The molecule has 3 aromatic rings. The molecule has 0 N–H and O–H groups in total. The highest BCUT2D eigenvalue weighted by Crippen LogP contribution is 2.29. The molecule has 0 aromatic heterocycles. The highest BCUT2D eigenvalue weighted by atomic mass is 16.5. The van der Waals surface area contributed by atoms with Crippen LogP contribution in [0, 0.1) is 5.92 Å². The van der Waals surface area contributed by atoms with Gasteiger partial charge < -0.3 is 9.64 Å². The highest BCUT2D eigenvalue weighted by Gasteiger charge is 2.26. The smallest absolute Gasteiger partial charge is 0.223 e. The zero-order chi connectivity index (χ0) is 21.3. The summed E-state index contributed by atoms with van der Waals surface area (Å²) < 4.78 is 5.97. The van der Waals surface area contributed by atoms with E-state index < -0.39 is 0 Å². The Kier molecular flexibility index (Phi) is 7.51. The lowest BCUT2D eigenvalue weighted by Crippen LogP contribution is -2.41. The fourth-order valence-corrected chi connectivity index (χ4v) is 4.45. The van der Waals surface area contributed by atoms with Crippen LogP contribution in [0.5, 0.6) is 0 Å². The molecule has 1 aliphatic heterocycles.